The van der Waals surface area contributed by atoms with E-state index < -0.39 is 30.4 Å². The summed E-state index contributed by atoms with van der Waals surface area (Å²) >= 11 is 0. The molecule has 0 saturated carbocycles. The van der Waals surface area contributed by atoms with Gasteiger partial charge in [0, 0.05) is 6.42 Å². The Morgan fingerprint density at radius 3 is 3.04 bits per heavy atom. The van der Waals surface area contributed by atoms with Crippen LogP contribution in [0.1, 0.15) is 12.6 Å². The van der Waals surface area contributed by atoms with E-state index >= 15 is 0 Å². The number of carboxylic acid groups (broad SMARTS) is 1. The minimum Gasteiger partial charge on any atom is -0.450 e. The monoisotopic (exact) mass is 323 g/mol. The number of nitrogen functional groups attached to an aromatic ring is 1. The Labute approximate surface area is 127 Å². The first-order valence-corrected chi connectivity index (χ1v) is 6.27. The van der Waals surface area contributed by atoms with Crippen molar-refractivity contribution in [1.29, 1.82) is 0 Å². The van der Waals surface area contributed by atoms with Gasteiger partial charge in [-0.3, -0.25) is 4.57 Å². The van der Waals surface area contributed by atoms with Crippen LogP contribution in [0.3, 0.4) is 0 Å². The first-order chi connectivity index (χ1) is 10.9. The molecule has 120 valence electrons. The van der Waals surface area contributed by atoms with Crippen molar-refractivity contribution in [3.63, 3.8) is 0 Å². The molecular weight excluding hydrogens is 313 g/mol. The van der Waals surface area contributed by atoms with Crippen LogP contribution < -0.4 is 5.73 Å². The predicted molar refractivity (Wildman–Crippen MR) is 71.1 cm³/mol. The van der Waals surface area contributed by atoms with Gasteiger partial charge >= 0.3 is 18.0 Å². The molecule has 0 amide bonds. The molecule has 4 N–H and O–H groups in total. The van der Waals surface area contributed by atoms with Crippen LogP contribution in [-0.4, -0.2) is 47.8 Å². The summed E-state index contributed by atoms with van der Waals surface area (Å²) in [4.78, 5) is 21.6. The van der Waals surface area contributed by atoms with Gasteiger partial charge in [-0.1, -0.05) is 0 Å². The molecule has 1 saturated heterocycles. The second kappa shape index (κ2) is 5.04. The van der Waals surface area contributed by atoms with E-state index in [0.717, 1.165) is 0 Å². The Hall–Kier alpha value is -2.97. The van der Waals surface area contributed by atoms with Crippen molar-refractivity contribution in [2.75, 3.05) is 5.73 Å². The van der Waals surface area contributed by atoms with Gasteiger partial charge in [0.25, 0.3) is 0 Å². The maximum atomic E-state index is 13.3. The zero-order valence-corrected chi connectivity index (χ0v) is 11.4. The number of aliphatic hydroxyl groups is 1. The van der Waals surface area contributed by atoms with Gasteiger partial charge in [-0.25, -0.2) is 9.78 Å². The molecule has 0 spiro atoms. The summed E-state index contributed by atoms with van der Waals surface area (Å²) < 4.78 is 24.4. The molecule has 2 aromatic rings. The molecule has 23 heavy (non-hydrogen) atoms. The van der Waals surface area contributed by atoms with Crippen molar-refractivity contribution in [2.45, 2.75) is 24.5 Å². The van der Waals surface area contributed by atoms with Gasteiger partial charge in [0.15, 0.2) is 17.0 Å². The van der Waals surface area contributed by atoms with Gasteiger partial charge in [-0.15, -0.1) is 6.42 Å². The summed E-state index contributed by atoms with van der Waals surface area (Å²) in [6.07, 6.45) is 1.13. The van der Waals surface area contributed by atoms with Gasteiger partial charge < -0.3 is 25.4 Å². The Balaban J connectivity index is 2.01. The third-order valence-corrected chi connectivity index (χ3v) is 3.35. The summed E-state index contributed by atoms with van der Waals surface area (Å²) in [5.41, 5.74) is 5.69. The zero-order chi connectivity index (χ0) is 16.8. The van der Waals surface area contributed by atoms with Crippen molar-refractivity contribution in [3.05, 3.63) is 12.4 Å². The standard InChI is InChI=1S/C12H10FN5O5/c1-2-12(23-11(20)21)5(19)3-6(22-12)18-4-15-7-8(14)16-10(13)17-9(7)18/h1,4-6,19H,3H2,(H,20,21)(H2,14,16,17)/t5-,6+,12+/m0/s1. The summed E-state index contributed by atoms with van der Waals surface area (Å²) in [6.45, 7) is 0. The average molecular weight is 323 g/mol. The Kier molecular flexibility index (Phi) is 3.28. The molecule has 1 aliphatic rings. The lowest BCUT2D eigenvalue weighted by molar-refractivity contribution is -0.203. The Morgan fingerprint density at radius 2 is 2.39 bits per heavy atom. The van der Waals surface area contributed by atoms with Crippen LogP contribution in [0.25, 0.3) is 11.2 Å². The molecule has 10 nitrogen and oxygen atoms in total. The third-order valence-electron chi connectivity index (χ3n) is 3.35. The number of halogens is 1. The topological polar surface area (TPSA) is 146 Å². The highest BCUT2D eigenvalue weighted by Gasteiger charge is 2.52. The van der Waals surface area contributed by atoms with Gasteiger partial charge in [0.2, 0.25) is 0 Å². The maximum Gasteiger partial charge on any atom is 0.509 e. The number of aromatic nitrogens is 4. The largest absolute Gasteiger partial charge is 0.509 e. The van der Waals surface area contributed by atoms with E-state index in [1.54, 1.807) is 0 Å². The number of rotatable bonds is 2. The molecule has 0 aromatic carbocycles. The minimum absolute atomic E-state index is 0.00958. The summed E-state index contributed by atoms with van der Waals surface area (Å²) in [5, 5.41) is 18.8. The number of hydrogen-bond acceptors (Lipinski definition) is 8. The zero-order valence-electron chi connectivity index (χ0n) is 11.4. The highest BCUT2D eigenvalue weighted by Crippen LogP contribution is 2.38. The minimum atomic E-state index is -2.18. The number of carbonyl (C=O) groups is 1. The molecule has 3 rings (SSSR count). The highest BCUT2D eigenvalue weighted by molar-refractivity contribution is 5.81. The molecular formula is C12H10FN5O5. The van der Waals surface area contributed by atoms with E-state index in [1.165, 1.54) is 10.9 Å². The second-order valence-electron chi connectivity index (χ2n) is 4.71. The lowest BCUT2D eigenvalue weighted by atomic mass is 10.1. The van der Waals surface area contributed by atoms with E-state index in [0.29, 0.717) is 0 Å². The van der Waals surface area contributed by atoms with Crippen LogP contribution in [0.15, 0.2) is 6.33 Å². The van der Waals surface area contributed by atoms with Crippen LogP contribution >= 0.6 is 0 Å². The third kappa shape index (κ3) is 2.30. The normalized spacial score (nSPS) is 27.0. The summed E-state index contributed by atoms with van der Waals surface area (Å²) in [5.74, 6) is -0.367. The van der Waals surface area contributed by atoms with Crippen molar-refractivity contribution in [3.8, 4) is 12.3 Å². The SMILES string of the molecule is C#C[C@]1(OC(=O)O)O[C@@H](n2cnc3c(N)nc(F)nc32)C[C@@H]1O. The first-order valence-electron chi connectivity index (χ1n) is 6.27. The molecule has 0 bridgehead atoms. The van der Waals surface area contributed by atoms with E-state index in [4.69, 9.17) is 22.0 Å². The number of nitrogens with zero attached hydrogens (tertiary/aromatic N) is 4. The molecule has 0 aliphatic carbocycles. The average Bonchev–Trinajstić information content (AvgIpc) is 3.01. The van der Waals surface area contributed by atoms with Gasteiger partial charge in [0.1, 0.15) is 12.3 Å². The molecule has 0 unspecified atom stereocenters. The molecule has 1 aliphatic heterocycles. The number of aliphatic hydroxyl groups excluding tert-OH is 1. The van der Waals surface area contributed by atoms with Crippen molar-refractivity contribution in [2.24, 2.45) is 0 Å². The van der Waals surface area contributed by atoms with Gasteiger partial charge in [-0.2, -0.15) is 14.4 Å². The van der Waals surface area contributed by atoms with Gasteiger partial charge in [0.05, 0.1) is 6.33 Å². The van der Waals surface area contributed by atoms with E-state index in [-0.39, 0.29) is 23.4 Å². The number of imidazole rings is 1. The fourth-order valence-electron chi connectivity index (χ4n) is 2.35. The van der Waals surface area contributed by atoms with Crippen molar-refractivity contribution < 1.29 is 28.9 Å². The second-order valence-corrected chi connectivity index (χ2v) is 4.71. The van der Waals surface area contributed by atoms with E-state index in [1.807, 2.05) is 5.92 Å². The molecule has 0 radical (unpaired) electrons. The van der Waals surface area contributed by atoms with Crippen LogP contribution in [0, 0.1) is 18.4 Å². The molecule has 3 heterocycles. The summed E-state index contributed by atoms with van der Waals surface area (Å²) in [7, 11) is 0. The van der Waals surface area contributed by atoms with Crippen molar-refractivity contribution >= 4 is 23.1 Å². The molecule has 11 heteroatoms. The highest BCUT2D eigenvalue weighted by atomic mass is 19.1. The maximum absolute atomic E-state index is 13.3. The Bertz CT molecular complexity index is 833. The first kappa shape index (κ1) is 14.9. The van der Waals surface area contributed by atoms with Crippen LogP contribution in [0.4, 0.5) is 15.0 Å². The number of fused-ring (bicyclic) bond motifs is 1. The number of terminal acetylenes is 1. The fourth-order valence-corrected chi connectivity index (χ4v) is 2.35. The molecule has 3 atom stereocenters. The van der Waals surface area contributed by atoms with E-state index in [2.05, 4.69) is 19.7 Å². The van der Waals surface area contributed by atoms with Crippen LogP contribution in [-0.2, 0) is 9.47 Å². The Morgan fingerprint density at radius 1 is 1.65 bits per heavy atom. The van der Waals surface area contributed by atoms with Crippen LogP contribution in [0.2, 0.25) is 0 Å². The smallest absolute Gasteiger partial charge is 0.450 e. The van der Waals surface area contributed by atoms with Crippen LogP contribution in [0.5, 0.6) is 0 Å². The lowest BCUT2D eigenvalue weighted by Crippen LogP contribution is -2.42. The summed E-state index contributed by atoms with van der Waals surface area (Å²) in [6, 6.07) is 0. The van der Waals surface area contributed by atoms with Gasteiger partial charge in [-0.05, 0) is 5.92 Å². The number of ether oxygens (including phenoxy) is 2. The lowest BCUT2D eigenvalue weighted by Gasteiger charge is -2.24. The molecule has 1 fully saturated rings. The van der Waals surface area contributed by atoms with Crippen molar-refractivity contribution in [1.82, 2.24) is 19.5 Å². The number of hydrogen-bond donors (Lipinski definition) is 3. The molecule has 2 aromatic heterocycles. The predicted octanol–water partition coefficient (Wildman–Crippen LogP) is -0.148. The quantitative estimate of drug-likeness (QED) is 0.390. The fraction of sp³-hybridized carbons (Fsp3) is 0.333. The number of nitrogens with two attached hydrogens (primary N) is 1. The number of anilines is 1. The van der Waals surface area contributed by atoms with E-state index in [9.17, 15) is 14.3 Å².